The van der Waals surface area contributed by atoms with Gasteiger partial charge in [0.05, 0.1) is 6.10 Å². The Bertz CT molecular complexity index is 535. The number of nitrogens with zero attached hydrogens (tertiary/aromatic N) is 1. The zero-order chi connectivity index (χ0) is 19.3. The van der Waals surface area contributed by atoms with Crippen molar-refractivity contribution in [2.45, 2.75) is 71.7 Å². The van der Waals surface area contributed by atoms with Crippen molar-refractivity contribution in [3.8, 4) is 0 Å². The minimum atomic E-state index is -1.38. The predicted molar refractivity (Wildman–Crippen MR) is 120 cm³/mol. The second-order valence-corrected chi connectivity index (χ2v) is 19.9. The maximum atomic E-state index is 6.35. The molecule has 2 radical (unpaired) electrons. The molecular weight excluding hydrogens is 354 g/mol. The first-order valence-corrected chi connectivity index (χ1v) is 17.5. The third kappa shape index (κ3) is 6.64. The van der Waals surface area contributed by atoms with Gasteiger partial charge in [-0.25, -0.2) is 0 Å². The molecule has 1 rings (SSSR count). The van der Waals surface area contributed by atoms with E-state index in [-0.39, 0.29) is 6.10 Å². The standard InChI is InChI=1S/C20H37NOSi3/c1-10-18-14-12-13-15-20(18)23-16-22-17(3)19(11-2)21(24(4,5)6)25(7,8)9/h10,12-15,17,19H,1,11,16H2,2-9H3. The molecule has 2 atom stereocenters. The summed E-state index contributed by atoms with van der Waals surface area (Å²) < 4.78 is 9.24. The Balaban J connectivity index is 2.78. The van der Waals surface area contributed by atoms with E-state index in [1.165, 1.54) is 10.8 Å². The van der Waals surface area contributed by atoms with Crippen molar-refractivity contribution in [2.24, 2.45) is 0 Å². The van der Waals surface area contributed by atoms with Crippen LogP contribution in [0.3, 0.4) is 0 Å². The molecule has 0 saturated carbocycles. The molecule has 2 unspecified atom stereocenters. The van der Waals surface area contributed by atoms with E-state index in [1.54, 1.807) is 0 Å². The third-order valence-electron chi connectivity index (χ3n) is 4.53. The Labute approximate surface area is 160 Å². The Morgan fingerprint density at radius 2 is 1.68 bits per heavy atom. The smallest absolute Gasteiger partial charge is 0.115 e. The van der Waals surface area contributed by atoms with Gasteiger partial charge in [0.2, 0.25) is 0 Å². The van der Waals surface area contributed by atoms with Crippen LogP contribution in [-0.4, -0.2) is 48.6 Å². The molecule has 2 nitrogen and oxygen atoms in total. The molecule has 140 valence electrons. The second-order valence-electron chi connectivity index (χ2n) is 8.67. The minimum absolute atomic E-state index is 0.270. The van der Waals surface area contributed by atoms with E-state index in [0.717, 1.165) is 12.7 Å². The first-order valence-electron chi connectivity index (χ1n) is 9.38. The van der Waals surface area contributed by atoms with Gasteiger partial charge in [-0.1, -0.05) is 88.3 Å². The summed E-state index contributed by atoms with van der Waals surface area (Å²) in [5.74, 6) is 0. The number of benzene rings is 1. The van der Waals surface area contributed by atoms with Crippen LogP contribution in [0.15, 0.2) is 30.8 Å². The largest absolute Gasteiger partial charge is 0.380 e. The molecule has 25 heavy (non-hydrogen) atoms. The highest BCUT2D eigenvalue weighted by Crippen LogP contribution is 2.27. The SMILES string of the molecule is C=Cc1ccccc1[Si]COC(C)C(CC)N([Si](C)(C)C)[Si](C)(C)C. The van der Waals surface area contributed by atoms with Crippen molar-refractivity contribution in [2.75, 3.05) is 6.23 Å². The summed E-state index contributed by atoms with van der Waals surface area (Å²) >= 11 is 0. The van der Waals surface area contributed by atoms with Crippen molar-refractivity contribution in [1.29, 1.82) is 0 Å². The zero-order valence-electron chi connectivity index (χ0n) is 17.5. The highest BCUT2D eigenvalue weighted by molar-refractivity contribution is 6.89. The number of rotatable bonds is 10. The Kier molecular flexibility index (Phi) is 8.54. The molecule has 5 heteroatoms. The maximum Gasteiger partial charge on any atom is 0.115 e. The monoisotopic (exact) mass is 391 g/mol. The van der Waals surface area contributed by atoms with Gasteiger partial charge in [0, 0.05) is 12.3 Å². The molecule has 0 aliphatic rings. The summed E-state index contributed by atoms with van der Waals surface area (Å²) in [7, 11) is -2.09. The van der Waals surface area contributed by atoms with Crippen molar-refractivity contribution in [3.05, 3.63) is 36.4 Å². The highest BCUT2D eigenvalue weighted by atomic mass is 28.4. The number of hydrogen-bond donors (Lipinski definition) is 0. The molecule has 0 aromatic heterocycles. The average Bonchev–Trinajstić information content (AvgIpc) is 2.50. The van der Waals surface area contributed by atoms with Gasteiger partial charge in [-0.15, -0.1) is 0 Å². The van der Waals surface area contributed by atoms with Crippen LogP contribution < -0.4 is 5.19 Å². The molecule has 0 spiro atoms. The van der Waals surface area contributed by atoms with Crippen LogP contribution in [0, 0.1) is 0 Å². The molecular formula is C20H37NOSi3. The average molecular weight is 392 g/mol. The van der Waals surface area contributed by atoms with Crippen molar-refractivity contribution in [3.63, 3.8) is 0 Å². The zero-order valence-corrected chi connectivity index (χ0v) is 20.5. The van der Waals surface area contributed by atoms with Gasteiger partial charge in [0.25, 0.3) is 0 Å². The lowest BCUT2D eigenvalue weighted by atomic mass is 10.1. The summed E-state index contributed by atoms with van der Waals surface area (Å²) in [4.78, 5) is 0. The van der Waals surface area contributed by atoms with Gasteiger partial charge < -0.3 is 8.97 Å². The van der Waals surface area contributed by atoms with Gasteiger partial charge in [0.1, 0.15) is 26.0 Å². The van der Waals surface area contributed by atoms with Crippen molar-refractivity contribution >= 4 is 37.3 Å². The van der Waals surface area contributed by atoms with Gasteiger partial charge in [-0.2, -0.15) is 0 Å². The van der Waals surface area contributed by atoms with Crippen LogP contribution in [0.1, 0.15) is 25.8 Å². The van der Waals surface area contributed by atoms with Gasteiger partial charge in [-0.05, 0) is 18.9 Å². The van der Waals surface area contributed by atoms with Crippen LogP contribution in [0.2, 0.25) is 39.3 Å². The molecule has 0 amide bonds. The predicted octanol–water partition coefficient (Wildman–Crippen LogP) is 4.77. The molecule has 0 heterocycles. The van der Waals surface area contributed by atoms with Gasteiger partial charge >= 0.3 is 0 Å². The lowest BCUT2D eigenvalue weighted by Crippen LogP contribution is -2.65. The van der Waals surface area contributed by atoms with Crippen LogP contribution in [0.5, 0.6) is 0 Å². The highest BCUT2D eigenvalue weighted by Gasteiger charge is 2.40. The van der Waals surface area contributed by atoms with Crippen molar-refractivity contribution < 1.29 is 4.74 Å². The lowest BCUT2D eigenvalue weighted by molar-refractivity contribution is 0.0543. The molecule has 0 aliphatic heterocycles. The van der Waals surface area contributed by atoms with E-state index < -0.39 is 16.5 Å². The molecule has 0 aliphatic carbocycles. The quantitative estimate of drug-likeness (QED) is 0.533. The maximum absolute atomic E-state index is 6.35. The van der Waals surface area contributed by atoms with Crippen LogP contribution >= 0.6 is 0 Å². The summed E-state index contributed by atoms with van der Waals surface area (Å²) in [5, 5.41) is 1.35. The topological polar surface area (TPSA) is 12.5 Å². The normalized spacial score (nSPS) is 15.2. The summed E-state index contributed by atoms with van der Waals surface area (Å²) in [5.41, 5.74) is 1.23. The van der Waals surface area contributed by atoms with E-state index in [1.807, 2.05) is 6.08 Å². The van der Waals surface area contributed by atoms with Gasteiger partial charge in [-0.3, -0.25) is 0 Å². The van der Waals surface area contributed by atoms with E-state index in [4.69, 9.17) is 4.74 Å². The van der Waals surface area contributed by atoms with Crippen LogP contribution in [0.25, 0.3) is 6.08 Å². The molecule has 0 N–H and O–H groups in total. The number of hydrogen-bond acceptors (Lipinski definition) is 2. The summed E-state index contributed by atoms with van der Waals surface area (Å²) in [6.07, 6.45) is 4.17. The van der Waals surface area contributed by atoms with Gasteiger partial charge in [0.15, 0.2) is 0 Å². The molecule has 0 bridgehead atoms. The van der Waals surface area contributed by atoms with Crippen molar-refractivity contribution in [1.82, 2.24) is 4.23 Å². The van der Waals surface area contributed by atoms with E-state index >= 15 is 0 Å². The second kappa shape index (κ2) is 9.46. The fourth-order valence-electron chi connectivity index (χ4n) is 3.92. The third-order valence-corrected chi connectivity index (χ3v) is 13.3. The molecule has 0 saturated heterocycles. The molecule has 1 aromatic carbocycles. The first-order chi connectivity index (χ1) is 11.5. The molecule has 1 aromatic rings. The van der Waals surface area contributed by atoms with E-state index in [2.05, 4.69) is 88.2 Å². The van der Waals surface area contributed by atoms with Crippen LogP contribution in [-0.2, 0) is 4.74 Å². The lowest BCUT2D eigenvalue weighted by Gasteiger charge is -2.50. The summed E-state index contributed by atoms with van der Waals surface area (Å²) in [6, 6.07) is 9.02. The Morgan fingerprint density at radius 1 is 1.12 bits per heavy atom. The van der Waals surface area contributed by atoms with E-state index in [9.17, 15) is 0 Å². The van der Waals surface area contributed by atoms with Crippen LogP contribution in [0.4, 0.5) is 0 Å². The van der Waals surface area contributed by atoms with E-state index in [0.29, 0.717) is 15.6 Å². The fourth-order valence-corrected chi connectivity index (χ4v) is 15.9. The Hall–Kier alpha value is -0.469. The minimum Gasteiger partial charge on any atom is -0.380 e. The first kappa shape index (κ1) is 22.6. The number of ether oxygens (including phenoxy) is 1. The summed E-state index contributed by atoms with van der Waals surface area (Å²) in [6.45, 7) is 23.4. The Morgan fingerprint density at radius 3 is 2.16 bits per heavy atom. The fraction of sp³-hybridized carbons (Fsp3) is 0.600. The molecule has 0 fully saturated rings.